The highest BCUT2D eigenvalue weighted by molar-refractivity contribution is 5.80. The van der Waals surface area contributed by atoms with E-state index in [4.69, 9.17) is 5.73 Å². The summed E-state index contributed by atoms with van der Waals surface area (Å²) in [6.45, 7) is 4.78. The number of nitrogens with one attached hydrogen (secondary N) is 2. The largest absolute Gasteiger partial charge is 0.391 e. The zero-order valence-electron chi connectivity index (χ0n) is 14.3. The number of rotatable bonds is 5. The summed E-state index contributed by atoms with van der Waals surface area (Å²) in [4.78, 5) is 20.1. The average Bonchev–Trinajstić information content (AvgIpc) is 3.12. The van der Waals surface area contributed by atoms with E-state index in [1.54, 1.807) is 0 Å². The maximum atomic E-state index is 12.1. The number of fused-ring (bicyclic) bond motifs is 1. The molecule has 1 aliphatic rings. The van der Waals surface area contributed by atoms with Gasteiger partial charge in [-0.05, 0) is 50.3 Å². The van der Waals surface area contributed by atoms with Gasteiger partial charge >= 0.3 is 0 Å². The van der Waals surface area contributed by atoms with E-state index in [-0.39, 0.29) is 17.9 Å². The molecule has 130 valence electrons. The molecule has 0 spiro atoms. The van der Waals surface area contributed by atoms with Crippen LogP contribution in [0.3, 0.4) is 0 Å². The standard InChI is InChI=1S/C18H26N4O2/c1-10-5-6-14-17(11(10)2)22-16(21-14)4-3-7-20-18(24)12-8-13(19)15(23)9-12/h5-6,12-13,15,23H,3-4,7-9,19H2,1-2H3,(H,20,24)(H,21,22)/t12-,13+,15+/m0/s1. The van der Waals surface area contributed by atoms with Crippen LogP contribution in [0.25, 0.3) is 11.0 Å². The van der Waals surface area contributed by atoms with Gasteiger partial charge in [-0.3, -0.25) is 4.79 Å². The molecule has 0 unspecified atom stereocenters. The van der Waals surface area contributed by atoms with Crippen molar-refractivity contribution in [2.24, 2.45) is 11.7 Å². The summed E-state index contributed by atoms with van der Waals surface area (Å²) in [7, 11) is 0. The number of imidazole rings is 1. The first-order chi connectivity index (χ1) is 11.5. The number of H-pyrrole nitrogens is 1. The summed E-state index contributed by atoms with van der Waals surface area (Å²) >= 11 is 0. The van der Waals surface area contributed by atoms with Crippen LogP contribution in [0.1, 0.15) is 36.2 Å². The lowest BCUT2D eigenvalue weighted by atomic mass is 10.1. The van der Waals surface area contributed by atoms with Gasteiger partial charge in [0, 0.05) is 24.9 Å². The number of nitrogens with two attached hydrogens (primary N) is 1. The van der Waals surface area contributed by atoms with Crippen LogP contribution < -0.4 is 11.1 Å². The van der Waals surface area contributed by atoms with Crippen LogP contribution in [-0.2, 0) is 11.2 Å². The Labute approximate surface area is 141 Å². The van der Waals surface area contributed by atoms with E-state index in [9.17, 15) is 9.90 Å². The quantitative estimate of drug-likeness (QED) is 0.621. The van der Waals surface area contributed by atoms with Gasteiger partial charge < -0.3 is 21.1 Å². The number of carbonyl (C=O) groups is 1. The van der Waals surface area contributed by atoms with Crippen LogP contribution in [0.2, 0.25) is 0 Å². The molecule has 6 nitrogen and oxygen atoms in total. The van der Waals surface area contributed by atoms with E-state index in [2.05, 4.69) is 41.3 Å². The maximum absolute atomic E-state index is 12.1. The molecule has 0 bridgehead atoms. The number of aliphatic hydroxyl groups excluding tert-OH is 1. The first-order valence-corrected chi connectivity index (χ1v) is 8.62. The molecule has 0 saturated heterocycles. The van der Waals surface area contributed by atoms with Crippen LogP contribution in [0.4, 0.5) is 0 Å². The van der Waals surface area contributed by atoms with Crippen molar-refractivity contribution in [2.45, 2.75) is 51.7 Å². The second-order valence-electron chi connectivity index (χ2n) is 6.88. The van der Waals surface area contributed by atoms with Gasteiger partial charge in [-0.2, -0.15) is 0 Å². The maximum Gasteiger partial charge on any atom is 0.223 e. The number of benzene rings is 1. The van der Waals surface area contributed by atoms with Crippen LogP contribution in [0.5, 0.6) is 0 Å². The molecule has 1 fully saturated rings. The number of aromatic nitrogens is 2. The summed E-state index contributed by atoms with van der Waals surface area (Å²) in [5, 5.41) is 12.6. The van der Waals surface area contributed by atoms with Crippen molar-refractivity contribution >= 4 is 16.9 Å². The van der Waals surface area contributed by atoms with E-state index in [0.29, 0.717) is 19.4 Å². The molecule has 3 atom stereocenters. The average molecular weight is 330 g/mol. The SMILES string of the molecule is Cc1ccc2[nH]c(CCCNC(=O)[C@H]3C[C@@H](N)[C@H](O)C3)nc2c1C. The van der Waals surface area contributed by atoms with Crippen molar-refractivity contribution in [3.05, 3.63) is 29.1 Å². The summed E-state index contributed by atoms with van der Waals surface area (Å²) in [5.74, 6) is 0.788. The van der Waals surface area contributed by atoms with Gasteiger partial charge in [0.2, 0.25) is 5.91 Å². The fraction of sp³-hybridized carbons (Fsp3) is 0.556. The van der Waals surface area contributed by atoms with Crippen molar-refractivity contribution in [1.82, 2.24) is 15.3 Å². The molecule has 6 heteroatoms. The lowest BCUT2D eigenvalue weighted by Crippen LogP contribution is -2.31. The van der Waals surface area contributed by atoms with Crippen LogP contribution in [0, 0.1) is 19.8 Å². The number of carbonyl (C=O) groups excluding carboxylic acids is 1. The number of amides is 1. The van der Waals surface area contributed by atoms with Gasteiger partial charge in [-0.1, -0.05) is 6.07 Å². The van der Waals surface area contributed by atoms with Gasteiger partial charge in [-0.25, -0.2) is 4.98 Å². The minimum absolute atomic E-state index is 0.00178. The van der Waals surface area contributed by atoms with Gasteiger partial charge in [0.1, 0.15) is 5.82 Å². The van der Waals surface area contributed by atoms with Gasteiger partial charge in [-0.15, -0.1) is 0 Å². The first-order valence-electron chi connectivity index (χ1n) is 8.62. The van der Waals surface area contributed by atoms with E-state index in [0.717, 1.165) is 29.7 Å². The Morgan fingerprint density at radius 1 is 1.42 bits per heavy atom. The highest BCUT2D eigenvalue weighted by atomic mass is 16.3. The van der Waals surface area contributed by atoms with Crippen molar-refractivity contribution in [2.75, 3.05) is 6.54 Å². The molecule has 1 amide bonds. The number of nitrogens with zero attached hydrogens (tertiary/aromatic N) is 1. The van der Waals surface area contributed by atoms with Crippen molar-refractivity contribution in [3.63, 3.8) is 0 Å². The minimum Gasteiger partial charge on any atom is -0.391 e. The Bertz CT molecular complexity index is 730. The normalized spacial score (nSPS) is 23.8. The van der Waals surface area contributed by atoms with Crippen LogP contribution >= 0.6 is 0 Å². The summed E-state index contributed by atoms with van der Waals surface area (Å²) in [6.07, 6.45) is 2.10. The third kappa shape index (κ3) is 3.44. The molecule has 1 saturated carbocycles. The van der Waals surface area contributed by atoms with Crippen molar-refractivity contribution in [1.29, 1.82) is 0 Å². The number of hydrogen-bond donors (Lipinski definition) is 4. The Kier molecular flexibility index (Phi) is 4.87. The number of hydrogen-bond acceptors (Lipinski definition) is 4. The molecule has 1 heterocycles. The van der Waals surface area contributed by atoms with E-state index in [1.807, 2.05) is 0 Å². The summed E-state index contributed by atoms with van der Waals surface area (Å²) < 4.78 is 0. The highest BCUT2D eigenvalue weighted by Gasteiger charge is 2.34. The molecule has 0 radical (unpaired) electrons. The molecular weight excluding hydrogens is 304 g/mol. The molecule has 1 aromatic heterocycles. The predicted molar refractivity (Wildman–Crippen MR) is 93.6 cm³/mol. The lowest BCUT2D eigenvalue weighted by Gasteiger charge is -2.09. The third-order valence-electron chi connectivity index (χ3n) is 5.06. The fourth-order valence-electron chi connectivity index (χ4n) is 3.36. The molecule has 3 rings (SSSR count). The Balaban J connectivity index is 1.48. The molecule has 0 aliphatic heterocycles. The minimum atomic E-state index is -0.553. The number of aliphatic hydroxyl groups is 1. The van der Waals surface area contributed by atoms with Crippen LogP contribution in [-0.4, -0.2) is 39.7 Å². The van der Waals surface area contributed by atoms with E-state index >= 15 is 0 Å². The number of aromatic amines is 1. The zero-order valence-corrected chi connectivity index (χ0v) is 14.3. The smallest absolute Gasteiger partial charge is 0.223 e. The van der Waals surface area contributed by atoms with Crippen LogP contribution in [0.15, 0.2) is 12.1 Å². The second kappa shape index (κ2) is 6.91. The molecule has 2 aromatic rings. The predicted octanol–water partition coefficient (Wildman–Crippen LogP) is 1.33. The molecule has 5 N–H and O–H groups in total. The Morgan fingerprint density at radius 2 is 2.21 bits per heavy atom. The van der Waals surface area contributed by atoms with E-state index in [1.165, 1.54) is 11.1 Å². The molecule has 1 aromatic carbocycles. The monoisotopic (exact) mass is 330 g/mol. The topological polar surface area (TPSA) is 104 Å². The first kappa shape index (κ1) is 16.9. The Morgan fingerprint density at radius 3 is 2.92 bits per heavy atom. The number of aryl methyl sites for hydroxylation is 3. The van der Waals surface area contributed by atoms with Gasteiger partial charge in [0.05, 0.1) is 17.1 Å². The van der Waals surface area contributed by atoms with Gasteiger partial charge in [0.25, 0.3) is 0 Å². The van der Waals surface area contributed by atoms with E-state index < -0.39 is 6.10 Å². The molecule has 24 heavy (non-hydrogen) atoms. The Hall–Kier alpha value is -1.92. The lowest BCUT2D eigenvalue weighted by molar-refractivity contribution is -0.125. The van der Waals surface area contributed by atoms with Gasteiger partial charge in [0.15, 0.2) is 0 Å². The second-order valence-corrected chi connectivity index (χ2v) is 6.88. The van der Waals surface area contributed by atoms with Crippen molar-refractivity contribution < 1.29 is 9.90 Å². The molecule has 1 aliphatic carbocycles. The third-order valence-corrected chi connectivity index (χ3v) is 5.06. The summed E-state index contributed by atoms with van der Waals surface area (Å²) in [6, 6.07) is 3.88. The van der Waals surface area contributed by atoms with Crippen molar-refractivity contribution in [3.8, 4) is 0 Å². The highest BCUT2D eigenvalue weighted by Crippen LogP contribution is 2.24. The molecular formula is C18H26N4O2. The summed E-state index contributed by atoms with van der Waals surface area (Å²) in [5.41, 5.74) is 10.3. The fourth-order valence-corrected chi connectivity index (χ4v) is 3.36. The zero-order chi connectivity index (χ0) is 17.3.